The molecule has 0 unspecified atom stereocenters. The SMILES string of the molecule is Cn1nccc1[C@@H]1OCC[C@H]1CN1CCN(Cc2ccncc2)CC1. The summed E-state index contributed by atoms with van der Waals surface area (Å²) < 4.78 is 7.98. The highest BCUT2D eigenvalue weighted by Gasteiger charge is 2.33. The quantitative estimate of drug-likeness (QED) is 0.829. The van der Waals surface area contributed by atoms with E-state index in [0.717, 1.165) is 52.3 Å². The highest BCUT2D eigenvalue weighted by Crippen LogP contribution is 2.34. The lowest BCUT2D eigenvalue weighted by molar-refractivity contribution is 0.0589. The minimum atomic E-state index is 0.197. The molecule has 0 spiro atoms. The molecule has 25 heavy (non-hydrogen) atoms. The first-order valence-corrected chi connectivity index (χ1v) is 9.23. The van der Waals surface area contributed by atoms with Crippen LogP contribution in [0.3, 0.4) is 0 Å². The van der Waals surface area contributed by atoms with Gasteiger partial charge < -0.3 is 9.64 Å². The van der Waals surface area contributed by atoms with E-state index in [-0.39, 0.29) is 6.10 Å². The Balaban J connectivity index is 1.29. The molecule has 2 atom stereocenters. The van der Waals surface area contributed by atoms with Gasteiger partial charge in [0, 0.05) is 77.4 Å². The molecule has 4 rings (SSSR count). The van der Waals surface area contributed by atoms with Crippen molar-refractivity contribution in [2.75, 3.05) is 39.3 Å². The largest absolute Gasteiger partial charge is 0.372 e. The molecule has 0 aromatic carbocycles. The third-order valence-corrected chi connectivity index (χ3v) is 5.48. The van der Waals surface area contributed by atoms with Crippen molar-refractivity contribution in [3.05, 3.63) is 48.0 Å². The average molecular weight is 341 g/mol. The monoisotopic (exact) mass is 341 g/mol. The Morgan fingerprint density at radius 3 is 2.52 bits per heavy atom. The van der Waals surface area contributed by atoms with Crippen LogP contribution in [0.25, 0.3) is 0 Å². The Morgan fingerprint density at radius 2 is 1.80 bits per heavy atom. The molecule has 134 valence electrons. The lowest BCUT2D eigenvalue weighted by Crippen LogP contribution is -2.47. The van der Waals surface area contributed by atoms with E-state index in [9.17, 15) is 0 Å². The van der Waals surface area contributed by atoms with Crippen LogP contribution in [0, 0.1) is 5.92 Å². The van der Waals surface area contributed by atoms with Gasteiger partial charge in [0.05, 0.1) is 5.69 Å². The second-order valence-corrected chi connectivity index (χ2v) is 7.15. The summed E-state index contributed by atoms with van der Waals surface area (Å²) in [5.74, 6) is 0.571. The summed E-state index contributed by atoms with van der Waals surface area (Å²) in [6.45, 7) is 7.56. The molecule has 0 bridgehead atoms. The van der Waals surface area contributed by atoms with Crippen LogP contribution >= 0.6 is 0 Å². The standard InChI is InChI=1S/C19H27N5O/c1-22-18(4-8-21-22)19-17(5-13-25-19)15-24-11-9-23(10-12-24)14-16-2-6-20-7-3-16/h2-4,6-8,17,19H,5,9-15H2,1H3/t17-,19+/m0/s1. The van der Waals surface area contributed by atoms with Crippen LogP contribution < -0.4 is 0 Å². The molecule has 6 heteroatoms. The van der Waals surface area contributed by atoms with Crippen molar-refractivity contribution >= 4 is 0 Å². The number of aryl methyl sites for hydroxylation is 1. The summed E-state index contributed by atoms with van der Waals surface area (Å²) in [6, 6.07) is 6.32. The molecule has 0 amide bonds. The van der Waals surface area contributed by atoms with E-state index in [1.807, 2.05) is 30.3 Å². The van der Waals surface area contributed by atoms with Gasteiger partial charge in [0.2, 0.25) is 0 Å². The predicted molar refractivity (Wildman–Crippen MR) is 96.0 cm³/mol. The average Bonchev–Trinajstić information content (AvgIpc) is 3.26. The first-order valence-electron chi connectivity index (χ1n) is 9.23. The molecule has 2 aromatic heterocycles. The number of piperazine rings is 1. The molecule has 2 aliphatic heterocycles. The van der Waals surface area contributed by atoms with E-state index in [1.165, 1.54) is 11.3 Å². The van der Waals surface area contributed by atoms with Crippen molar-refractivity contribution in [1.82, 2.24) is 24.6 Å². The summed E-state index contributed by atoms with van der Waals surface area (Å²) in [6.07, 6.45) is 6.97. The van der Waals surface area contributed by atoms with Crippen molar-refractivity contribution in [3.63, 3.8) is 0 Å². The number of aromatic nitrogens is 3. The van der Waals surface area contributed by atoms with E-state index in [0.29, 0.717) is 5.92 Å². The van der Waals surface area contributed by atoms with Crippen LogP contribution in [-0.4, -0.2) is 63.9 Å². The van der Waals surface area contributed by atoms with Gasteiger partial charge in [0.25, 0.3) is 0 Å². The summed E-state index contributed by atoms with van der Waals surface area (Å²) in [7, 11) is 2.01. The Morgan fingerprint density at radius 1 is 1.04 bits per heavy atom. The van der Waals surface area contributed by atoms with Gasteiger partial charge in [-0.1, -0.05) is 0 Å². The zero-order valence-electron chi connectivity index (χ0n) is 14.9. The molecular formula is C19H27N5O. The fraction of sp³-hybridized carbons (Fsp3) is 0.579. The predicted octanol–water partition coefficient (Wildman–Crippen LogP) is 1.71. The van der Waals surface area contributed by atoms with Gasteiger partial charge in [0.15, 0.2) is 0 Å². The van der Waals surface area contributed by atoms with E-state index in [4.69, 9.17) is 4.74 Å². The number of hydrogen-bond donors (Lipinski definition) is 0. The maximum Gasteiger partial charge on any atom is 0.103 e. The Kier molecular flexibility index (Phi) is 5.10. The Hall–Kier alpha value is -1.76. The number of pyridine rings is 1. The molecule has 2 saturated heterocycles. The zero-order valence-corrected chi connectivity index (χ0v) is 14.9. The fourth-order valence-corrected chi connectivity index (χ4v) is 4.02. The minimum Gasteiger partial charge on any atom is -0.372 e. The molecule has 2 aromatic rings. The highest BCUT2D eigenvalue weighted by molar-refractivity contribution is 5.10. The first kappa shape index (κ1) is 16.7. The summed E-state index contributed by atoms with van der Waals surface area (Å²) in [5, 5.41) is 4.30. The third kappa shape index (κ3) is 3.92. The first-order chi connectivity index (χ1) is 12.3. The summed E-state index contributed by atoms with van der Waals surface area (Å²) >= 11 is 0. The molecular weight excluding hydrogens is 314 g/mol. The van der Waals surface area contributed by atoms with Crippen molar-refractivity contribution in [2.45, 2.75) is 19.1 Å². The van der Waals surface area contributed by atoms with Crippen molar-refractivity contribution in [2.24, 2.45) is 13.0 Å². The lowest BCUT2D eigenvalue weighted by Gasteiger charge is -2.36. The van der Waals surface area contributed by atoms with Crippen LogP contribution in [0.5, 0.6) is 0 Å². The normalized spacial score (nSPS) is 25.5. The maximum absolute atomic E-state index is 6.03. The van der Waals surface area contributed by atoms with Crippen LogP contribution in [0.15, 0.2) is 36.8 Å². The molecule has 6 nitrogen and oxygen atoms in total. The summed E-state index contributed by atoms with van der Waals surface area (Å²) in [5.41, 5.74) is 2.56. The van der Waals surface area contributed by atoms with Gasteiger partial charge in [-0.25, -0.2) is 0 Å². The van der Waals surface area contributed by atoms with Crippen LogP contribution in [0.4, 0.5) is 0 Å². The van der Waals surface area contributed by atoms with Gasteiger partial charge in [-0.3, -0.25) is 14.6 Å². The molecule has 2 aliphatic rings. The number of hydrogen-bond acceptors (Lipinski definition) is 5. The number of nitrogens with zero attached hydrogens (tertiary/aromatic N) is 5. The van der Waals surface area contributed by atoms with Crippen LogP contribution in [0.1, 0.15) is 23.8 Å². The molecule has 0 saturated carbocycles. The topological polar surface area (TPSA) is 46.4 Å². The molecule has 0 aliphatic carbocycles. The van der Waals surface area contributed by atoms with Crippen molar-refractivity contribution in [1.29, 1.82) is 0 Å². The maximum atomic E-state index is 6.03. The molecule has 0 N–H and O–H groups in total. The van der Waals surface area contributed by atoms with Crippen LogP contribution in [0.2, 0.25) is 0 Å². The third-order valence-electron chi connectivity index (χ3n) is 5.48. The zero-order chi connectivity index (χ0) is 17.1. The lowest BCUT2D eigenvalue weighted by atomic mass is 9.98. The second kappa shape index (κ2) is 7.64. The van der Waals surface area contributed by atoms with E-state index in [2.05, 4.69) is 38.1 Å². The fourth-order valence-electron chi connectivity index (χ4n) is 4.02. The van der Waals surface area contributed by atoms with E-state index >= 15 is 0 Å². The smallest absolute Gasteiger partial charge is 0.103 e. The minimum absolute atomic E-state index is 0.197. The highest BCUT2D eigenvalue weighted by atomic mass is 16.5. The molecule has 0 radical (unpaired) electrons. The Labute approximate surface area is 149 Å². The van der Waals surface area contributed by atoms with Gasteiger partial charge in [-0.15, -0.1) is 0 Å². The van der Waals surface area contributed by atoms with Gasteiger partial charge in [-0.2, -0.15) is 5.10 Å². The van der Waals surface area contributed by atoms with E-state index in [1.54, 1.807) is 0 Å². The molecule has 4 heterocycles. The molecule has 2 fully saturated rings. The van der Waals surface area contributed by atoms with Gasteiger partial charge in [0.1, 0.15) is 6.10 Å². The Bertz CT molecular complexity index is 665. The number of rotatable bonds is 5. The van der Waals surface area contributed by atoms with Gasteiger partial charge in [-0.05, 0) is 30.2 Å². The van der Waals surface area contributed by atoms with Crippen LogP contribution in [-0.2, 0) is 18.3 Å². The summed E-state index contributed by atoms with van der Waals surface area (Å²) in [4.78, 5) is 9.24. The van der Waals surface area contributed by atoms with E-state index < -0.39 is 0 Å². The van der Waals surface area contributed by atoms with Crippen molar-refractivity contribution in [3.8, 4) is 0 Å². The van der Waals surface area contributed by atoms with Crippen molar-refractivity contribution < 1.29 is 4.74 Å². The number of ether oxygens (including phenoxy) is 1. The van der Waals surface area contributed by atoms with Gasteiger partial charge >= 0.3 is 0 Å². The second-order valence-electron chi connectivity index (χ2n) is 7.15.